The molecule has 2 heterocycles. The highest BCUT2D eigenvalue weighted by molar-refractivity contribution is 6.10. The molecule has 2 aliphatic heterocycles. The standard InChI is InChI=1S/C18H16N4O3/c19-18(25)22-7-6-10-4-5-11(8-15(10)22)20-17(24)12-2-1-3-14-13(12)9-16(23)21-14/h1-5,8H,6-7,9H2,(H2,19,25)(H,20,24)(H,21,23). The first-order chi connectivity index (χ1) is 12.0. The highest BCUT2D eigenvalue weighted by Gasteiger charge is 2.25. The smallest absolute Gasteiger partial charge is 0.319 e. The first-order valence-electron chi connectivity index (χ1n) is 7.96. The van der Waals surface area contributed by atoms with E-state index in [4.69, 9.17) is 5.73 Å². The third-order valence-electron chi connectivity index (χ3n) is 4.54. The summed E-state index contributed by atoms with van der Waals surface area (Å²) in [6, 6.07) is 10.1. The Kier molecular flexibility index (Phi) is 3.42. The lowest BCUT2D eigenvalue weighted by molar-refractivity contribution is -0.115. The number of hydrogen-bond donors (Lipinski definition) is 3. The second-order valence-corrected chi connectivity index (χ2v) is 6.09. The number of nitrogens with two attached hydrogens (primary N) is 1. The van der Waals surface area contributed by atoms with Gasteiger partial charge in [0.25, 0.3) is 5.91 Å². The predicted octanol–water partition coefficient (Wildman–Crippen LogP) is 1.87. The fourth-order valence-corrected chi connectivity index (χ4v) is 3.35. The molecule has 0 radical (unpaired) electrons. The van der Waals surface area contributed by atoms with E-state index >= 15 is 0 Å². The second-order valence-electron chi connectivity index (χ2n) is 6.09. The van der Waals surface area contributed by atoms with Crippen molar-refractivity contribution in [2.75, 3.05) is 22.1 Å². The van der Waals surface area contributed by atoms with Crippen molar-refractivity contribution in [3.05, 3.63) is 53.1 Å². The van der Waals surface area contributed by atoms with Crippen LogP contribution in [0.25, 0.3) is 0 Å². The molecule has 2 aromatic carbocycles. The van der Waals surface area contributed by atoms with Gasteiger partial charge >= 0.3 is 6.03 Å². The number of nitrogens with one attached hydrogen (secondary N) is 2. The molecule has 0 unspecified atom stereocenters. The van der Waals surface area contributed by atoms with E-state index in [1.807, 2.05) is 6.07 Å². The Morgan fingerprint density at radius 2 is 2.04 bits per heavy atom. The van der Waals surface area contributed by atoms with Crippen LogP contribution >= 0.6 is 0 Å². The van der Waals surface area contributed by atoms with Crippen LogP contribution in [0.2, 0.25) is 0 Å². The number of benzene rings is 2. The van der Waals surface area contributed by atoms with Crippen LogP contribution in [0.3, 0.4) is 0 Å². The molecule has 7 nitrogen and oxygen atoms in total. The normalized spacial score (nSPS) is 14.7. The highest BCUT2D eigenvalue weighted by Crippen LogP contribution is 2.31. The molecule has 0 fully saturated rings. The van der Waals surface area contributed by atoms with E-state index in [-0.39, 0.29) is 18.2 Å². The van der Waals surface area contributed by atoms with Gasteiger partial charge in [0, 0.05) is 23.5 Å². The molecule has 126 valence electrons. The van der Waals surface area contributed by atoms with Crippen molar-refractivity contribution < 1.29 is 14.4 Å². The van der Waals surface area contributed by atoms with Crippen molar-refractivity contribution >= 4 is 34.9 Å². The van der Waals surface area contributed by atoms with E-state index in [1.54, 1.807) is 30.3 Å². The zero-order valence-corrected chi connectivity index (χ0v) is 13.3. The minimum absolute atomic E-state index is 0.120. The van der Waals surface area contributed by atoms with Gasteiger partial charge in [0.05, 0.1) is 12.1 Å². The number of anilines is 3. The molecule has 2 aromatic rings. The lowest BCUT2D eigenvalue weighted by Gasteiger charge is -2.15. The molecule has 0 aromatic heterocycles. The topological polar surface area (TPSA) is 105 Å². The Hall–Kier alpha value is -3.35. The third-order valence-corrected chi connectivity index (χ3v) is 4.54. The van der Waals surface area contributed by atoms with Crippen LogP contribution < -0.4 is 21.3 Å². The summed E-state index contributed by atoms with van der Waals surface area (Å²) < 4.78 is 0. The Balaban J connectivity index is 1.61. The van der Waals surface area contributed by atoms with E-state index in [0.29, 0.717) is 29.0 Å². The van der Waals surface area contributed by atoms with E-state index in [0.717, 1.165) is 17.7 Å². The van der Waals surface area contributed by atoms with Gasteiger partial charge in [0.1, 0.15) is 0 Å². The van der Waals surface area contributed by atoms with Crippen molar-refractivity contribution in [1.29, 1.82) is 0 Å². The average Bonchev–Trinajstić information content (AvgIpc) is 3.16. The Morgan fingerprint density at radius 3 is 2.84 bits per heavy atom. The van der Waals surface area contributed by atoms with Gasteiger partial charge in [-0.25, -0.2) is 4.79 Å². The molecule has 4 amide bonds. The number of primary amides is 1. The third kappa shape index (κ3) is 2.59. The quantitative estimate of drug-likeness (QED) is 0.780. The maximum absolute atomic E-state index is 12.6. The number of urea groups is 1. The lowest BCUT2D eigenvalue weighted by Crippen LogP contribution is -2.34. The number of carbonyl (C=O) groups is 3. The summed E-state index contributed by atoms with van der Waals surface area (Å²) in [5, 5.41) is 5.57. The average molecular weight is 336 g/mol. The van der Waals surface area contributed by atoms with Gasteiger partial charge in [-0.1, -0.05) is 12.1 Å². The minimum Gasteiger partial charge on any atom is -0.351 e. The fraction of sp³-hybridized carbons (Fsp3) is 0.167. The van der Waals surface area contributed by atoms with Crippen LogP contribution in [0.1, 0.15) is 21.5 Å². The van der Waals surface area contributed by atoms with Crippen molar-refractivity contribution in [2.45, 2.75) is 12.8 Å². The maximum atomic E-state index is 12.6. The molecule has 0 aliphatic carbocycles. The second kappa shape index (κ2) is 5.62. The summed E-state index contributed by atoms with van der Waals surface area (Å²) >= 11 is 0. The van der Waals surface area contributed by atoms with E-state index in [2.05, 4.69) is 10.6 Å². The van der Waals surface area contributed by atoms with E-state index in [1.165, 1.54) is 4.90 Å². The van der Waals surface area contributed by atoms with Crippen molar-refractivity contribution in [3.8, 4) is 0 Å². The molecule has 0 saturated heterocycles. The molecule has 25 heavy (non-hydrogen) atoms. The molecule has 0 spiro atoms. The molecule has 7 heteroatoms. The monoisotopic (exact) mass is 336 g/mol. The van der Waals surface area contributed by atoms with Crippen molar-refractivity contribution in [3.63, 3.8) is 0 Å². The van der Waals surface area contributed by atoms with Crippen LogP contribution in [-0.2, 0) is 17.6 Å². The largest absolute Gasteiger partial charge is 0.351 e. The number of hydrogen-bond acceptors (Lipinski definition) is 3. The van der Waals surface area contributed by atoms with Crippen LogP contribution in [0, 0.1) is 0 Å². The highest BCUT2D eigenvalue weighted by atomic mass is 16.2. The van der Waals surface area contributed by atoms with Gasteiger partial charge in [-0.05, 0) is 41.8 Å². The fourth-order valence-electron chi connectivity index (χ4n) is 3.35. The van der Waals surface area contributed by atoms with E-state index < -0.39 is 6.03 Å². The number of fused-ring (bicyclic) bond motifs is 2. The Morgan fingerprint density at radius 1 is 1.20 bits per heavy atom. The number of amides is 4. The van der Waals surface area contributed by atoms with Crippen LogP contribution in [0.5, 0.6) is 0 Å². The summed E-state index contributed by atoms with van der Waals surface area (Å²) in [5.41, 5.74) is 9.54. The number of nitrogens with zero attached hydrogens (tertiary/aromatic N) is 1. The van der Waals surface area contributed by atoms with Crippen LogP contribution in [0.15, 0.2) is 36.4 Å². The first kappa shape index (κ1) is 15.2. The van der Waals surface area contributed by atoms with Gasteiger partial charge in [-0.15, -0.1) is 0 Å². The molecule has 0 atom stereocenters. The summed E-state index contributed by atoms with van der Waals surface area (Å²) in [7, 11) is 0. The molecular weight excluding hydrogens is 320 g/mol. The van der Waals surface area contributed by atoms with E-state index in [9.17, 15) is 14.4 Å². The molecule has 0 saturated carbocycles. The first-order valence-corrected chi connectivity index (χ1v) is 7.96. The summed E-state index contributed by atoms with van der Waals surface area (Å²) in [4.78, 5) is 37.2. The van der Waals surface area contributed by atoms with Crippen molar-refractivity contribution in [1.82, 2.24) is 0 Å². The summed E-state index contributed by atoms with van der Waals surface area (Å²) in [5.74, 6) is -0.415. The zero-order chi connectivity index (χ0) is 17.6. The Labute approximate surface area is 143 Å². The van der Waals surface area contributed by atoms with Gasteiger partial charge in [0.2, 0.25) is 5.91 Å². The summed E-state index contributed by atoms with van der Waals surface area (Å²) in [6.07, 6.45) is 0.936. The number of carbonyl (C=O) groups excluding carboxylic acids is 3. The number of rotatable bonds is 2. The molecule has 4 rings (SSSR count). The predicted molar refractivity (Wildman–Crippen MR) is 93.8 cm³/mol. The van der Waals surface area contributed by atoms with Crippen LogP contribution in [0.4, 0.5) is 21.9 Å². The Bertz CT molecular complexity index is 923. The maximum Gasteiger partial charge on any atom is 0.319 e. The van der Waals surface area contributed by atoms with Gasteiger partial charge in [0.15, 0.2) is 0 Å². The zero-order valence-electron chi connectivity index (χ0n) is 13.3. The van der Waals surface area contributed by atoms with Crippen LogP contribution in [-0.4, -0.2) is 24.4 Å². The molecule has 2 aliphatic rings. The lowest BCUT2D eigenvalue weighted by atomic mass is 10.0. The van der Waals surface area contributed by atoms with Gasteiger partial charge in [-0.2, -0.15) is 0 Å². The van der Waals surface area contributed by atoms with Gasteiger partial charge < -0.3 is 16.4 Å². The minimum atomic E-state index is -0.507. The summed E-state index contributed by atoms with van der Waals surface area (Å²) in [6.45, 7) is 0.544. The van der Waals surface area contributed by atoms with Crippen molar-refractivity contribution in [2.24, 2.45) is 5.73 Å². The molecular formula is C18H16N4O3. The van der Waals surface area contributed by atoms with Gasteiger partial charge in [-0.3, -0.25) is 14.5 Å². The molecule has 4 N–H and O–H groups in total. The molecule has 0 bridgehead atoms. The SMILES string of the molecule is NC(=O)N1CCc2ccc(NC(=O)c3cccc4c3CC(=O)N4)cc21.